The number of fused-ring (bicyclic) bond motifs is 1. The molecule has 0 saturated heterocycles. The van der Waals surface area contributed by atoms with Crippen LogP contribution in [0.15, 0.2) is 42.5 Å². The molecule has 0 aliphatic carbocycles. The molecule has 18 heavy (non-hydrogen) atoms. The molecule has 92 valence electrons. The Balaban J connectivity index is 1.91. The van der Waals surface area contributed by atoms with E-state index in [4.69, 9.17) is 16.3 Å². The van der Waals surface area contributed by atoms with Crippen LogP contribution in [-0.4, -0.2) is 7.11 Å². The zero-order valence-corrected chi connectivity index (χ0v) is 10.9. The summed E-state index contributed by atoms with van der Waals surface area (Å²) in [6.07, 6.45) is 0.945. The third-order valence-corrected chi connectivity index (χ3v) is 3.62. The fraction of sp³-hybridized carbons (Fsp3) is 0.200. The minimum atomic E-state index is 0.300. The number of benzene rings is 2. The standard InChI is InChI=1S/C15H14ClNO/c1-18-15-4-2-3-13-12(15)9-14(17-13)10-5-7-11(16)8-6-10/h2-8,14,17H,9H2,1H3. The Hall–Kier alpha value is -1.67. The number of hydrogen-bond donors (Lipinski definition) is 1. The summed E-state index contributed by atoms with van der Waals surface area (Å²) >= 11 is 5.91. The van der Waals surface area contributed by atoms with E-state index in [0.717, 1.165) is 22.9 Å². The van der Waals surface area contributed by atoms with Gasteiger partial charge in [0.15, 0.2) is 0 Å². The molecule has 0 fully saturated rings. The summed E-state index contributed by atoms with van der Waals surface area (Å²) in [6.45, 7) is 0. The van der Waals surface area contributed by atoms with Crippen molar-refractivity contribution in [3.63, 3.8) is 0 Å². The van der Waals surface area contributed by atoms with E-state index in [-0.39, 0.29) is 0 Å². The number of hydrogen-bond acceptors (Lipinski definition) is 2. The van der Waals surface area contributed by atoms with Crippen molar-refractivity contribution in [1.29, 1.82) is 0 Å². The zero-order valence-electron chi connectivity index (χ0n) is 10.1. The SMILES string of the molecule is COc1cccc2c1CC(c1ccc(Cl)cc1)N2. The number of methoxy groups -OCH3 is 1. The maximum absolute atomic E-state index is 5.91. The third-order valence-electron chi connectivity index (χ3n) is 3.36. The molecule has 1 aliphatic rings. The lowest BCUT2D eigenvalue weighted by Crippen LogP contribution is -2.05. The average Bonchev–Trinajstić information content (AvgIpc) is 2.83. The lowest BCUT2D eigenvalue weighted by molar-refractivity contribution is 0.410. The summed E-state index contributed by atoms with van der Waals surface area (Å²) in [7, 11) is 1.71. The number of nitrogens with one attached hydrogen (secondary N) is 1. The van der Waals surface area contributed by atoms with Crippen molar-refractivity contribution in [3.05, 3.63) is 58.6 Å². The second kappa shape index (κ2) is 4.54. The molecule has 1 aliphatic heterocycles. The smallest absolute Gasteiger partial charge is 0.124 e. The highest BCUT2D eigenvalue weighted by Gasteiger charge is 2.24. The van der Waals surface area contributed by atoms with Crippen molar-refractivity contribution in [3.8, 4) is 5.75 Å². The van der Waals surface area contributed by atoms with Gasteiger partial charge in [0.1, 0.15) is 5.75 Å². The highest BCUT2D eigenvalue weighted by Crippen LogP contribution is 2.39. The van der Waals surface area contributed by atoms with Crippen molar-refractivity contribution in [2.45, 2.75) is 12.5 Å². The van der Waals surface area contributed by atoms with Gasteiger partial charge in [-0.2, -0.15) is 0 Å². The van der Waals surface area contributed by atoms with Gasteiger partial charge >= 0.3 is 0 Å². The van der Waals surface area contributed by atoms with Gasteiger partial charge in [-0.1, -0.05) is 29.8 Å². The van der Waals surface area contributed by atoms with Gasteiger partial charge in [-0.15, -0.1) is 0 Å². The maximum atomic E-state index is 5.91. The van der Waals surface area contributed by atoms with Crippen LogP contribution in [0.2, 0.25) is 5.02 Å². The second-order valence-electron chi connectivity index (χ2n) is 4.44. The first-order valence-electron chi connectivity index (χ1n) is 5.96. The number of halogens is 1. The van der Waals surface area contributed by atoms with Crippen molar-refractivity contribution < 1.29 is 4.74 Å². The molecule has 0 bridgehead atoms. The monoisotopic (exact) mass is 259 g/mol. The van der Waals surface area contributed by atoms with E-state index in [1.54, 1.807) is 7.11 Å². The Labute approximate surface area is 112 Å². The van der Waals surface area contributed by atoms with E-state index in [1.807, 2.05) is 24.3 Å². The summed E-state index contributed by atoms with van der Waals surface area (Å²) in [5.74, 6) is 0.955. The summed E-state index contributed by atoms with van der Waals surface area (Å²) in [5, 5.41) is 4.29. The van der Waals surface area contributed by atoms with Crippen molar-refractivity contribution in [1.82, 2.24) is 0 Å². The molecule has 0 spiro atoms. The van der Waals surface area contributed by atoms with E-state index in [2.05, 4.69) is 23.5 Å². The average molecular weight is 260 g/mol. The molecule has 0 radical (unpaired) electrons. The Morgan fingerprint density at radius 2 is 1.94 bits per heavy atom. The normalized spacial score (nSPS) is 17.1. The summed E-state index contributed by atoms with van der Waals surface area (Å²) in [5.41, 5.74) is 3.66. The molecule has 2 nitrogen and oxygen atoms in total. The summed E-state index contributed by atoms with van der Waals surface area (Å²) in [4.78, 5) is 0. The number of ether oxygens (including phenoxy) is 1. The van der Waals surface area contributed by atoms with Gasteiger partial charge in [-0.3, -0.25) is 0 Å². The molecule has 3 heteroatoms. The van der Waals surface area contributed by atoms with Crippen LogP contribution < -0.4 is 10.1 Å². The number of anilines is 1. The van der Waals surface area contributed by atoms with Crippen molar-refractivity contribution in [2.24, 2.45) is 0 Å². The maximum Gasteiger partial charge on any atom is 0.124 e. The Kier molecular flexibility index (Phi) is 2.88. The molecule has 2 aromatic rings. The third kappa shape index (κ3) is 1.93. The van der Waals surface area contributed by atoms with E-state index < -0.39 is 0 Å². The highest BCUT2D eigenvalue weighted by molar-refractivity contribution is 6.30. The molecule has 1 atom stereocenters. The van der Waals surface area contributed by atoms with Crippen molar-refractivity contribution in [2.75, 3.05) is 12.4 Å². The molecule has 3 rings (SSSR count). The predicted octanol–water partition coefficient (Wildman–Crippen LogP) is 4.06. The van der Waals surface area contributed by atoms with Gasteiger partial charge in [-0.05, 0) is 29.8 Å². The molecule has 2 aromatic carbocycles. The zero-order chi connectivity index (χ0) is 12.5. The minimum Gasteiger partial charge on any atom is -0.496 e. The quantitative estimate of drug-likeness (QED) is 0.878. The van der Waals surface area contributed by atoms with Crippen LogP contribution in [-0.2, 0) is 6.42 Å². The molecule has 0 aromatic heterocycles. The van der Waals surface area contributed by atoms with Crippen LogP contribution in [0.25, 0.3) is 0 Å². The molecular formula is C15H14ClNO. The highest BCUT2D eigenvalue weighted by atomic mass is 35.5. The first kappa shape index (κ1) is 11.4. The molecule has 0 amide bonds. The molecule has 0 saturated carbocycles. The fourth-order valence-corrected chi connectivity index (χ4v) is 2.57. The lowest BCUT2D eigenvalue weighted by Gasteiger charge is -2.11. The van der Waals surface area contributed by atoms with Crippen LogP contribution in [0.3, 0.4) is 0 Å². The lowest BCUT2D eigenvalue weighted by atomic mass is 10.0. The van der Waals surface area contributed by atoms with E-state index in [0.29, 0.717) is 6.04 Å². The summed E-state index contributed by atoms with van der Waals surface area (Å²) in [6, 6.07) is 14.4. The first-order valence-corrected chi connectivity index (χ1v) is 6.33. The van der Waals surface area contributed by atoms with Gasteiger partial charge in [0.25, 0.3) is 0 Å². The Bertz CT molecular complexity index is 565. The van der Waals surface area contributed by atoms with Crippen LogP contribution >= 0.6 is 11.6 Å². The van der Waals surface area contributed by atoms with Crippen LogP contribution in [0.5, 0.6) is 5.75 Å². The molecule has 1 N–H and O–H groups in total. The molecular weight excluding hydrogens is 246 g/mol. The van der Waals surface area contributed by atoms with Crippen LogP contribution in [0, 0.1) is 0 Å². The van der Waals surface area contributed by atoms with Crippen LogP contribution in [0.4, 0.5) is 5.69 Å². The predicted molar refractivity (Wildman–Crippen MR) is 74.5 cm³/mol. The van der Waals surface area contributed by atoms with Gasteiger partial charge in [-0.25, -0.2) is 0 Å². The van der Waals surface area contributed by atoms with Gasteiger partial charge in [0.2, 0.25) is 0 Å². The van der Waals surface area contributed by atoms with E-state index in [1.165, 1.54) is 11.1 Å². The van der Waals surface area contributed by atoms with Gasteiger partial charge in [0, 0.05) is 22.7 Å². The van der Waals surface area contributed by atoms with Gasteiger partial charge < -0.3 is 10.1 Å². The Morgan fingerprint density at radius 3 is 2.67 bits per heavy atom. The Morgan fingerprint density at radius 1 is 1.17 bits per heavy atom. The van der Waals surface area contributed by atoms with E-state index >= 15 is 0 Å². The summed E-state index contributed by atoms with van der Waals surface area (Å²) < 4.78 is 5.40. The molecule has 1 heterocycles. The molecule has 1 unspecified atom stereocenters. The largest absolute Gasteiger partial charge is 0.496 e. The van der Waals surface area contributed by atoms with E-state index in [9.17, 15) is 0 Å². The minimum absolute atomic E-state index is 0.300. The number of rotatable bonds is 2. The van der Waals surface area contributed by atoms with Gasteiger partial charge in [0.05, 0.1) is 13.2 Å². The van der Waals surface area contributed by atoms with Crippen molar-refractivity contribution >= 4 is 17.3 Å². The van der Waals surface area contributed by atoms with Crippen LogP contribution in [0.1, 0.15) is 17.2 Å². The fourth-order valence-electron chi connectivity index (χ4n) is 2.44. The first-order chi connectivity index (χ1) is 8.78. The topological polar surface area (TPSA) is 21.3 Å². The second-order valence-corrected chi connectivity index (χ2v) is 4.88.